The van der Waals surface area contributed by atoms with Gasteiger partial charge in [-0.15, -0.1) is 0 Å². The molecular formula is C13H18ClN3O. The molecule has 0 spiro atoms. The minimum atomic E-state index is -0.364. The Morgan fingerprint density at radius 1 is 1.44 bits per heavy atom. The van der Waals surface area contributed by atoms with Gasteiger partial charge in [0.05, 0.1) is 23.2 Å². The minimum Gasteiger partial charge on any atom is -0.392 e. The fraction of sp³-hybridized carbons (Fsp3) is 0.462. The van der Waals surface area contributed by atoms with Crippen molar-refractivity contribution in [3.8, 4) is 0 Å². The molecule has 0 aliphatic heterocycles. The fourth-order valence-electron chi connectivity index (χ4n) is 2.01. The highest BCUT2D eigenvalue weighted by Crippen LogP contribution is 2.22. The topological polar surface area (TPSA) is 50.1 Å². The molecule has 1 aromatic carbocycles. The second-order valence-corrected chi connectivity index (χ2v) is 5.08. The molecule has 0 bridgehead atoms. The van der Waals surface area contributed by atoms with Crippen molar-refractivity contribution >= 4 is 22.6 Å². The monoisotopic (exact) mass is 267 g/mol. The number of imidazole rings is 1. The van der Waals surface area contributed by atoms with Crippen molar-refractivity contribution in [3.63, 3.8) is 0 Å². The van der Waals surface area contributed by atoms with Crippen LogP contribution in [-0.4, -0.2) is 27.3 Å². The summed E-state index contributed by atoms with van der Waals surface area (Å²) in [4.78, 5) is 4.59. The summed E-state index contributed by atoms with van der Waals surface area (Å²) < 4.78 is 2.03. The average Bonchev–Trinajstić information content (AvgIpc) is 2.64. The third-order valence-electron chi connectivity index (χ3n) is 2.98. The Labute approximate surface area is 112 Å². The first kappa shape index (κ1) is 13.3. The molecule has 0 amide bonds. The number of aromatic nitrogens is 2. The Morgan fingerprint density at radius 3 is 2.83 bits per heavy atom. The van der Waals surface area contributed by atoms with E-state index in [0.29, 0.717) is 11.6 Å². The molecule has 0 fully saturated rings. The number of aryl methyl sites for hydroxylation is 1. The van der Waals surface area contributed by atoms with Crippen LogP contribution in [0.15, 0.2) is 18.2 Å². The lowest BCUT2D eigenvalue weighted by Gasteiger charge is -2.14. The van der Waals surface area contributed by atoms with Crippen LogP contribution in [0.1, 0.15) is 25.7 Å². The van der Waals surface area contributed by atoms with E-state index in [0.717, 1.165) is 16.9 Å². The van der Waals surface area contributed by atoms with Gasteiger partial charge in [-0.25, -0.2) is 4.98 Å². The number of fused-ring (bicyclic) bond motifs is 1. The molecule has 0 radical (unpaired) electrons. The molecule has 0 saturated carbocycles. The molecule has 18 heavy (non-hydrogen) atoms. The number of nitrogens with zero attached hydrogens (tertiary/aromatic N) is 2. The Morgan fingerprint density at radius 2 is 2.17 bits per heavy atom. The number of nitrogens with one attached hydrogen (secondary N) is 1. The summed E-state index contributed by atoms with van der Waals surface area (Å²) in [6.07, 6.45) is -0.364. The molecule has 2 N–H and O–H groups in total. The smallest absolute Gasteiger partial charge is 0.126 e. The van der Waals surface area contributed by atoms with E-state index in [1.165, 1.54) is 0 Å². The SMILES string of the molecule is CC(O)CNC(C)c1nc2ccc(Cl)cc2n1C. The zero-order valence-corrected chi connectivity index (χ0v) is 11.6. The van der Waals surface area contributed by atoms with Crippen LogP contribution < -0.4 is 5.32 Å². The lowest BCUT2D eigenvalue weighted by Crippen LogP contribution is -2.28. The molecule has 1 aromatic heterocycles. The molecular weight excluding hydrogens is 250 g/mol. The zero-order chi connectivity index (χ0) is 13.3. The first-order chi connectivity index (χ1) is 8.49. The van der Waals surface area contributed by atoms with Gasteiger partial charge < -0.3 is 15.0 Å². The Balaban J connectivity index is 2.30. The summed E-state index contributed by atoms with van der Waals surface area (Å²) in [5, 5.41) is 13.2. The molecule has 0 saturated heterocycles. The predicted molar refractivity (Wildman–Crippen MR) is 73.8 cm³/mol. The summed E-state index contributed by atoms with van der Waals surface area (Å²) in [5.41, 5.74) is 1.95. The van der Waals surface area contributed by atoms with Gasteiger partial charge in [0.2, 0.25) is 0 Å². The standard InChI is InChI=1S/C13H18ClN3O/c1-8(18)7-15-9(2)13-16-11-5-4-10(14)6-12(11)17(13)3/h4-6,8-9,15,18H,7H2,1-3H3. The second-order valence-electron chi connectivity index (χ2n) is 4.64. The van der Waals surface area contributed by atoms with Crippen LogP contribution in [0.4, 0.5) is 0 Å². The minimum absolute atomic E-state index is 0.0794. The lowest BCUT2D eigenvalue weighted by molar-refractivity contribution is 0.186. The zero-order valence-electron chi connectivity index (χ0n) is 10.8. The van der Waals surface area contributed by atoms with Gasteiger partial charge in [0, 0.05) is 18.6 Å². The maximum absolute atomic E-state index is 9.29. The van der Waals surface area contributed by atoms with Crippen molar-refractivity contribution in [2.75, 3.05) is 6.54 Å². The number of rotatable bonds is 4. The molecule has 2 aromatic rings. The van der Waals surface area contributed by atoms with Gasteiger partial charge >= 0.3 is 0 Å². The number of aliphatic hydroxyl groups is 1. The normalized spacial score (nSPS) is 14.9. The van der Waals surface area contributed by atoms with E-state index >= 15 is 0 Å². The molecule has 0 aliphatic carbocycles. The van der Waals surface area contributed by atoms with Crippen molar-refractivity contribution < 1.29 is 5.11 Å². The Bertz CT molecular complexity index is 550. The third-order valence-corrected chi connectivity index (χ3v) is 3.22. The molecule has 98 valence electrons. The summed E-state index contributed by atoms with van der Waals surface area (Å²) >= 11 is 5.99. The third kappa shape index (κ3) is 2.66. The average molecular weight is 268 g/mol. The van der Waals surface area contributed by atoms with Crippen LogP contribution >= 0.6 is 11.6 Å². The van der Waals surface area contributed by atoms with Crippen molar-refractivity contribution in [3.05, 3.63) is 29.0 Å². The number of hydrogen-bond donors (Lipinski definition) is 2. The van der Waals surface area contributed by atoms with E-state index in [4.69, 9.17) is 11.6 Å². The molecule has 2 atom stereocenters. The van der Waals surface area contributed by atoms with Gasteiger partial charge in [0.15, 0.2) is 0 Å². The highest BCUT2D eigenvalue weighted by molar-refractivity contribution is 6.31. The van der Waals surface area contributed by atoms with Crippen molar-refractivity contribution in [2.24, 2.45) is 7.05 Å². The van der Waals surface area contributed by atoms with E-state index in [1.54, 1.807) is 6.92 Å². The molecule has 2 unspecified atom stereocenters. The molecule has 2 rings (SSSR count). The molecule has 1 heterocycles. The molecule has 4 nitrogen and oxygen atoms in total. The summed E-state index contributed by atoms with van der Waals surface area (Å²) in [6, 6.07) is 5.75. The van der Waals surface area contributed by atoms with E-state index in [1.807, 2.05) is 36.7 Å². The first-order valence-electron chi connectivity index (χ1n) is 6.02. The Kier molecular flexibility index (Phi) is 3.90. The van der Waals surface area contributed by atoms with Gasteiger partial charge in [-0.2, -0.15) is 0 Å². The van der Waals surface area contributed by atoms with Crippen LogP contribution in [0.3, 0.4) is 0 Å². The highest BCUT2D eigenvalue weighted by Gasteiger charge is 2.14. The number of halogens is 1. The van der Waals surface area contributed by atoms with Crippen molar-refractivity contribution in [2.45, 2.75) is 26.0 Å². The summed E-state index contributed by atoms with van der Waals surface area (Å²) in [6.45, 7) is 4.34. The predicted octanol–water partition coefficient (Wildman–Crippen LogP) is 2.26. The maximum Gasteiger partial charge on any atom is 0.126 e. The van der Waals surface area contributed by atoms with E-state index < -0.39 is 0 Å². The molecule has 5 heteroatoms. The van der Waals surface area contributed by atoms with E-state index in [2.05, 4.69) is 10.3 Å². The van der Waals surface area contributed by atoms with Crippen LogP contribution in [-0.2, 0) is 7.05 Å². The largest absolute Gasteiger partial charge is 0.392 e. The fourth-order valence-corrected chi connectivity index (χ4v) is 2.17. The van der Waals surface area contributed by atoms with Gasteiger partial charge in [-0.3, -0.25) is 0 Å². The Hall–Kier alpha value is -1.10. The molecule has 0 aliphatic rings. The highest BCUT2D eigenvalue weighted by atomic mass is 35.5. The van der Waals surface area contributed by atoms with Crippen LogP contribution in [0.25, 0.3) is 11.0 Å². The van der Waals surface area contributed by atoms with E-state index in [-0.39, 0.29) is 12.1 Å². The van der Waals surface area contributed by atoms with Crippen molar-refractivity contribution in [1.82, 2.24) is 14.9 Å². The first-order valence-corrected chi connectivity index (χ1v) is 6.40. The quantitative estimate of drug-likeness (QED) is 0.893. The van der Waals surface area contributed by atoms with Gasteiger partial charge in [-0.05, 0) is 32.0 Å². The van der Waals surface area contributed by atoms with Crippen LogP contribution in [0.2, 0.25) is 5.02 Å². The van der Waals surface area contributed by atoms with Gasteiger partial charge in [0.25, 0.3) is 0 Å². The maximum atomic E-state index is 9.29. The van der Waals surface area contributed by atoms with E-state index in [9.17, 15) is 5.11 Å². The summed E-state index contributed by atoms with van der Waals surface area (Å²) in [5.74, 6) is 0.938. The summed E-state index contributed by atoms with van der Waals surface area (Å²) in [7, 11) is 1.97. The van der Waals surface area contributed by atoms with Crippen molar-refractivity contribution in [1.29, 1.82) is 0 Å². The number of benzene rings is 1. The van der Waals surface area contributed by atoms with Crippen LogP contribution in [0.5, 0.6) is 0 Å². The van der Waals surface area contributed by atoms with Crippen LogP contribution in [0, 0.1) is 0 Å². The lowest BCUT2D eigenvalue weighted by atomic mass is 10.3. The number of hydrogen-bond acceptors (Lipinski definition) is 3. The number of aliphatic hydroxyl groups excluding tert-OH is 1. The second kappa shape index (κ2) is 5.26. The van der Waals surface area contributed by atoms with Gasteiger partial charge in [-0.1, -0.05) is 11.6 Å². The van der Waals surface area contributed by atoms with Gasteiger partial charge in [0.1, 0.15) is 5.82 Å².